The summed E-state index contributed by atoms with van der Waals surface area (Å²) in [4.78, 5) is 100. The van der Waals surface area contributed by atoms with Crippen LogP contribution in [0.2, 0.25) is 0 Å². The Labute approximate surface area is 465 Å². The van der Waals surface area contributed by atoms with E-state index in [0.29, 0.717) is 151 Å². The van der Waals surface area contributed by atoms with Gasteiger partial charge in [-0.15, -0.1) is 11.8 Å². The van der Waals surface area contributed by atoms with Gasteiger partial charge in [0.2, 0.25) is 47.3 Å². The summed E-state index contributed by atoms with van der Waals surface area (Å²) in [6, 6.07) is -2.91. The summed E-state index contributed by atoms with van der Waals surface area (Å²) in [6.45, 7) is 9.90. The van der Waals surface area contributed by atoms with Crippen LogP contribution in [-0.4, -0.2) is 219 Å². The smallest absolute Gasteiger partial charge is 0.243 e. The predicted molar refractivity (Wildman–Crippen MR) is 292 cm³/mol. The Hall–Kier alpha value is -4.29. The molecule has 5 atom stereocenters. The van der Waals surface area contributed by atoms with Crippen molar-refractivity contribution in [2.24, 2.45) is 29.0 Å². The molecular weight excluding hydrogens is 1040 g/mol. The van der Waals surface area contributed by atoms with Crippen molar-refractivity contribution in [2.45, 2.75) is 122 Å². The van der Waals surface area contributed by atoms with Gasteiger partial charge in [0.1, 0.15) is 18.1 Å². The van der Waals surface area contributed by atoms with E-state index in [-0.39, 0.29) is 111 Å². The van der Waals surface area contributed by atoms with Crippen LogP contribution in [0.1, 0.15) is 104 Å². The molecule has 5 unspecified atom stereocenters. The van der Waals surface area contributed by atoms with E-state index in [0.717, 1.165) is 24.6 Å². The summed E-state index contributed by atoms with van der Waals surface area (Å²) >= 11 is 1.15. The van der Waals surface area contributed by atoms with Crippen LogP contribution in [0, 0.1) is 11.8 Å². The summed E-state index contributed by atoms with van der Waals surface area (Å²) in [5.41, 5.74) is 16.6. The second-order valence-electron chi connectivity index (χ2n) is 18.3. The monoisotopic (exact) mass is 1140 g/mol. The van der Waals surface area contributed by atoms with Crippen molar-refractivity contribution in [2.75, 3.05) is 143 Å². The van der Waals surface area contributed by atoms with Crippen molar-refractivity contribution in [3.8, 4) is 0 Å². The Kier molecular flexibility index (Phi) is 49.2. The maximum absolute atomic E-state index is 13.4. The molecule has 0 aromatic heterocycles. The van der Waals surface area contributed by atoms with Gasteiger partial charge in [0.15, 0.2) is 0 Å². The fourth-order valence-electron chi connectivity index (χ4n) is 7.07. The standard InChI is InChI=1S/C51H97N9O17S/c1-3-44(63)58-42(51(70)59-41(48(53)67)11-5-8-19-56-47(66)38-78-37-43(49(54)68)60-50(69)39(2)10-4-7-17-52)12-6-9-18-55-45(64)15-13-40(14-16-46(65)57-20-21-61)36-77-35-34-76-33-32-75-31-30-74-29-28-73-27-26-72-25-24-71-23-22-62/h39-43,61-62H,3-38,52H2,1-2H3,(H2,53,67)(H2,54,68)(H,55,64)(H,56,66)(H,57,65)(H,58,63)(H,59,70)(H,60,69). The van der Waals surface area contributed by atoms with Crippen molar-refractivity contribution in [3.05, 3.63) is 0 Å². The minimum Gasteiger partial charge on any atom is -0.395 e. The van der Waals surface area contributed by atoms with Crippen molar-refractivity contribution in [1.82, 2.24) is 31.9 Å². The Morgan fingerprint density at radius 1 is 0.474 bits per heavy atom. The zero-order valence-corrected chi connectivity index (χ0v) is 47.3. The van der Waals surface area contributed by atoms with Crippen LogP contribution in [0.3, 0.4) is 0 Å². The largest absolute Gasteiger partial charge is 0.395 e. The Morgan fingerprint density at radius 3 is 1.40 bits per heavy atom. The highest BCUT2D eigenvalue weighted by atomic mass is 32.2. The van der Waals surface area contributed by atoms with E-state index in [4.69, 9.17) is 60.6 Å². The normalized spacial score (nSPS) is 13.1. The SMILES string of the molecule is CCC(=O)NC(CCCCNC(=O)CCC(CCC(=O)NCCO)COCCOCCOCCOCCOCCOCCOCCO)C(=O)NC(CCCCNC(=O)CSCC(NC(=O)C(C)CCCCN)C(N)=O)C(N)=O. The number of thioether (sulfide) groups is 1. The number of amides is 8. The van der Waals surface area contributed by atoms with E-state index in [1.807, 2.05) is 0 Å². The van der Waals surface area contributed by atoms with Gasteiger partial charge in [-0.3, -0.25) is 38.4 Å². The molecule has 0 saturated carbocycles. The van der Waals surface area contributed by atoms with Crippen LogP contribution in [0.15, 0.2) is 0 Å². The van der Waals surface area contributed by atoms with Gasteiger partial charge in [0.05, 0.1) is 105 Å². The highest BCUT2D eigenvalue weighted by Gasteiger charge is 2.26. The second-order valence-corrected chi connectivity index (χ2v) is 19.3. The first-order valence-corrected chi connectivity index (χ1v) is 28.7. The molecule has 0 heterocycles. The zero-order valence-electron chi connectivity index (χ0n) is 46.5. The number of aliphatic hydroxyl groups is 2. The number of ether oxygens (including phenoxy) is 7. The predicted octanol–water partition coefficient (Wildman–Crippen LogP) is -1.71. The van der Waals surface area contributed by atoms with Gasteiger partial charge in [-0.05, 0) is 76.7 Å². The average Bonchev–Trinajstić information content (AvgIpc) is 3.41. The lowest BCUT2D eigenvalue weighted by atomic mass is 9.98. The lowest BCUT2D eigenvalue weighted by molar-refractivity contribution is -0.131. The van der Waals surface area contributed by atoms with E-state index in [1.54, 1.807) is 13.8 Å². The van der Waals surface area contributed by atoms with Crippen LogP contribution in [0.25, 0.3) is 0 Å². The fourth-order valence-corrected chi connectivity index (χ4v) is 7.96. The Morgan fingerprint density at radius 2 is 0.923 bits per heavy atom. The van der Waals surface area contributed by atoms with Gasteiger partial charge in [0, 0.05) is 57.2 Å². The topological polar surface area (TPSA) is 392 Å². The molecule has 0 aromatic rings. The van der Waals surface area contributed by atoms with Crippen LogP contribution in [0.4, 0.5) is 0 Å². The Balaban J connectivity index is 4.64. The number of nitrogens with two attached hydrogens (primary N) is 3. The van der Waals surface area contributed by atoms with E-state index >= 15 is 0 Å². The van der Waals surface area contributed by atoms with Crippen LogP contribution in [0.5, 0.6) is 0 Å². The van der Waals surface area contributed by atoms with Crippen molar-refractivity contribution in [3.63, 3.8) is 0 Å². The molecular formula is C51H97N9O17S. The number of carbonyl (C=O) groups excluding carboxylic acids is 8. The minimum absolute atomic E-state index is 0.0130. The summed E-state index contributed by atoms with van der Waals surface area (Å²) in [6.07, 6.45) is 5.90. The summed E-state index contributed by atoms with van der Waals surface area (Å²) in [7, 11) is 0. The molecule has 454 valence electrons. The molecule has 0 aliphatic heterocycles. The van der Waals surface area contributed by atoms with Crippen LogP contribution < -0.4 is 49.1 Å². The van der Waals surface area contributed by atoms with Gasteiger partial charge in [0.25, 0.3) is 0 Å². The lowest BCUT2D eigenvalue weighted by Gasteiger charge is -2.22. The van der Waals surface area contributed by atoms with E-state index in [1.165, 1.54) is 0 Å². The third kappa shape index (κ3) is 44.6. The summed E-state index contributed by atoms with van der Waals surface area (Å²) < 4.78 is 38.3. The van der Waals surface area contributed by atoms with Gasteiger partial charge in [-0.1, -0.05) is 20.3 Å². The molecule has 78 heavy (non-hydrogen) atoms. The van der Waals surface area contributed by atoms with Gasteiger partial charge >= 0.3 is 0 Å². The molecule has 0 bridgehead atoms. The molecule has 0 spiro atoms. The van der Waals surface area contributed by atoms with Crippen molar-refractivity contribution >= 4 is 59.0 Å². The molecule has 26 nitrogen and oxygen atoms in total. The molecule has 0 fully saturated rings. The first kappa shape index (κ1) is 73.7. The lowest BCUT2D eigenvalue weighted by Crippen LogP contribution is -2.52. The van der Waals surface area contributed by atoms with E-state index < -0.39 is 35.8 Å². The van der Waals surface area contributed by atoms with E-state index in [2.05, 4.69) is 31.9 Å². The number of hydrogen-bond acceptors (Lipinski definition) is 19. The molecule has 14 N–H and O–H groups in total. The number of carbonyl (C=O) groups is 8. The second kappa shape index (κ2) is 52.1. The molecule has 27 heteroatoms. The molecule has 0 aromatic carbocycles. The molecule has 0 rings (SSSR count). The third-order valence-corrected chi connectivity index (χ3v) is 12.7. The minimum atomic E-state index is -1.03. The average molecular weight is 1140 g/mol. The number of aliphatic hydroxyl groups excluding tert-OH is 2. The third-order valence-electron chi connectivity index (χ3n) is 11.6. The number of rotatable bonds is 56. The molecule has 0 radical (unpaired) electrons. The van der Waals surface area contributed by atoms with Gasteiger partial charge in [-0.2, -0.15) is 0 Å². The number of nitrogens with one attached hydrogen (secondary N) is 6. The van der Waals surface area contributed by atoms with Crippen LogP contribution >= 0.6 is 11.8 Å². The first-order chi connectivity index (χ1) is 37.7. The van der Waals surface area contributed by atoms with Crippen molar-refractivity contribution in [1.29, 1.82) is 0 Å². The fraction of sp³-hybridized carbons (Fsp3) is 0.843. The summed E-state index contributed by atoms with van der Waals surface area (Å²) in [5.74, 6) is -3.66. The maximum atomic E-state index is 13.4. The zero-order chi connectivity index (χ0) is 57.9. The van der Waals surface area contributed by atoms with Crippen LogP contribution in [-0.2, 0) is 71.5 Å². The molecule has 8 amide bonds. The van der Waals surface area contributed by atoms with E-state index in [9.17, 15) is 38.4 Å². The first-order valence-electron chi connectivity index (χ1n) is 27.5. The Bertz CT molecular complexity index is 1610. The van der Waals surface area contributed by atoms with Crippen molar-refractivity contribution < 1.29 is 81.7 Å². The highest BCUT2D eigenvalue weighted by molar-refractivity contribution is 8.00. The molecule has 0 aliphatic carbocycles. The summed E-state index contributed by atoms with van der Waals surface area (Å²) in [5, 5.41) is 34.0. The van der Waals surface area contributed by atoms with Gasteiger partial charge < -0.3 is 92.5 Å². The number of hydrogen-bond donors (Lipinski definition) is 11. The number of primary amides is 2. The molecule has 0 saturated heterocycles. The number of unbranched alkanes of at least 4 members (excludes halogenated alkanes) is 3. The maximum Gasteiger partial charge on any atom is 0.243 e. The quantitative estimate of drug-likeness (QED) is 0.0302. The van der Waals surface area contributed by atoms with Gasteiger partial charge in [-0.25, -0.2) is 0 Å². The highest BCUT2D eigenvalue weighted by Crippen LogP contribution is 2.15. The molecule has 0 aliphatic rings.